The maximum Gasteiger partial charge on any atom is 0.418 e. The molecule has 0 saturated carbocycles. The molecular weight excluding hydrogens is 486 g/mol. The zero-order chi connectivity index (χ0) is 26.1. The van der Waals surface area contributed by atoms with Crippen molar-refractivity contribution < 1.29 is 31.1 Å². The molecule has 3 heterocycles. The van der Waals surface area contributed by atoms with Gasteiger partial charge in [0, 0.05) is 23.3 Å². The van der Waals surface area contributed by atoms with Gasteiger partial charge in [0.05, 0.1) is 29.1 Å². The molecular formula is C25H20F6N4O. The average Bonchev–Trinajstić information content (AvgIpc) is 2.81. The summed E-state index contributed by atoms with van der Waals surface area (Å²) in [5.74, 6) is 0.323. The Hall–Kier alpha value is -3.89. The summed E-state index contributed by atoms with van der Waals surface area (Å²) in [4.78, 5) is 12.5. The minimum absolute atomic E-state index is 0.0376. The first-order valence-electron chi connectivity index (χ1n) is 10.8. The van der Waals surface area contributed by atoms with Crippen molar-refractivity contribution in [2.45, 2.75) is 26.2 Å². The van der Waals surface area contributed by atoms with Gasteiger partial charge in [-0.25, -0.2) is 4.98 Å². The number of hydrogen-bond donors (Lipinski definition) is 1. The first kappa shape index (κ1) is 25.2. The molecule has 0 aliphatic rings. The van der Waals surface area contributed by atoms with E-state index in [1.807, 2.05) is 13.8 Å². The predicted octanol–water partition coefficient (Wildman–Crippen LogP) is 7.51. The van der Waals surface area contributed by atoms with Crippen LogP contribution in [0.2, 0.25) is 0 Å². The van der Waals surface area contributed by atoms with Gasteiger partial charge in [0.25, 0.3) is 0 Å². The molecule has 0 aliphatic heterocycles. The number of halogens is 6. The van der Waals surface area contributed by atoms with Gasteiger partial charge in [0.1, 0.15) is 5.69 Å². The van der Waals surface area contributed by atoms with Crippen LogP contribution in [0.4, 0.5) is 37.7 Å². The van der Waals surface area contributed by atoms with Crippen LogP contribution in [0.5, 0.6) is 5.88 Å². The van der Waals surface area contributed by atoms with Crippen molar-refractivity contribution in [3.05, 3.63) is 71.9 Å². The van der Waals surface area contributed by atoms with Gasteiger partial charge in [0.15, 0.2) is 5.65 Å². The minimum atomic E-state index is -4.63. The third-order valence-electron chi connectivity index (χ3n) is 5.06. The van der Waals surface area contributed by atoms with E-state index in [-0.39, 0.29) is 28.8 Å². The van der Waals surface area contributed by atoms with Crippen molar-refractivity contribution in [3.63, 3.8) is 0 Å². The molecule has 188 valence electrons. The Balaban J connectivity index is 1.79. The molecule has 5 nitrogen and oxygen atoms in total. The lowest BCUT2D eigenvalue weighted by atomic mass is 10.1. The standard InChI is InChI=1S/C25H20F6N4O/c1-14(2)13-36-21-12-20(33-16-7-5-15(6-8-16)24(26,27)28)17-9-10-19(34-23(17)35-21)22-18(25(29,30)31)4-3-11-32-22/h3-12,14H,13H2,1-2H3,(H,33,34,35). The van der Waals surface area contributed by atoms with Gasteiger partial charge in [0.2, 0.25) is 5.88 Å². The van der Waals surface area contributed by atoms with Crippen LogP contribution >= 0.6 is 0 Å². The number of nitrogens with one attached hydrogen (secondary N) is 1. The summed E-state index contributed by atoms with van der Waals surface area (Å²) in [7, 11) is 0. The summed E-state index contributed by atoms with van der Waals surface area (Å²) < 4.78 is 85.0. The normalized spacial score (nSPS) is 12.2. The van der Waals surface area contributed by atoms with Gasteiger partial charge in [-0.15, -0.1) is 0 Å². The number of hydrogen-bond acceptors (Lipinski definition) is 5. The molecule has 0 atom stereocenters. The van der Waals surface area contributed by atoms with Crippen LogP contribution in [-0.4, -0.2) is 21.6 Å². The zero-order valence-corrected chi connectivity index (χ0v) is 19.1. The van der Waals surface area contributed by atoms with Crippen molar-refractivity contribution in [1.29, 1.82) is 0 Å². The first-order chi connectivity index (χ1) is 16.9. The number of aromatic nitrogens is 3. The lowest BCUT2D eigenvalue weighted by Crippen LogP contribution is -2.09. The fourth-order valence-electron chi connectivity index (χ4n) is 3.38. The third kappa shape index (κ3) is 5.67. The highest BCUT2D eigenvalue weighted by Crippen LogP contribution is 2.37. The molecule has 0 amide bonds. The first-order valence-corrected chi connectivity index (χ1v) is 10.8. The van der Waals surface area contributed by atoms with Crippen LogP contribution in [0, 0.1) is 5.92 Å². The van der Waals surface area contributed by atoms with Crippen LogP contribution in [0.3, 0.4) is 0 Å². The van der Waals surface area contributed by atoms with Crippen LogP contribution < -0.4 is 10.1 Å². The number of rotatable bonds is 6. The van der Waals surface area contributed by atoms with Crippen LogP contribution in [-0.2, 0) is 12.4 Å². The van der Waals surface area contributed by atoms with E-state index in [4.69, 9.17) is 4.74 Å². The molecule has 1 aromatic carbocycles. The van der Waals surface area contributed by atoms with E-state index in [2.05, 4.69) is 20.3 Å². The van der Waals surface area contributed by atoms with E-state index in [0.717, 1.165) is 18.2 Å². The van der Waals surface area contributed by atoms with Crippen molar-refractivity contribution in [3.8, 4) is 17.3 Å². The van der Waals surface area contributed by atoms with Gasteiger partial charge in [-0.05, 0) is 54.4 Å². The highest BCUT2D eigenvalue weighted by molar-refractivity contribution is 5.92. The van der Waals surface area contributed by atoms with Crippen LogP contribution in [0.25, 0.3) is 22.4 Å². The lowest BCUT2D eigenvalue weighted by Gasteiger charge is -2.15. The average molecular weight is 506 g/mol. The number of nitrogens with zero attached hydrogens (tertiary/aromatic N) is 3. The molecule has 0 unspecified atom stereocenters. The Morgan fingerprint density at radius 1 is 0.889 bits per heavy atom. The van der Waals surface area contributed by atoms with Gasteiger partial charge >= 0.3 is 12.4 Å². The quantitative estimate of drug-likeness (QED) is 0.274. The summed E-state index contributed by atoms with van der Waals surface area (Å²) >= 11 is 0. The Bertz CT molecular complexity index is 1370. The van der Waals surface area contributed by atoms with E-state index < -0.39 is 23.5 Å². The van der Waals surface area contributed by atoms with Gasteiger partial charge in [-0.2, -0.15) is 31.3 Å². The fraction of sp³-hybridized carbons (Fsp3) is 0.240. The largest absolute Gasteiger partial charge is 0.477 e. The molecule has 0 bridgehead atoms. The van der Waals surface area contributed by atoms with Crippen molar-refractivity contribution in [1.82, 2.24) is 15.0 Å². The summed E-state index contributed by atoms with van der Waals surface area (Å²) in [6.07, 6.45) is -7.87. The topological polar surface area (TPSA) is 59.9 Å². The summed E-state index contributed by atoms with van der Waals surface area (Å²) in [6.45, 7) is 4.17. The molecule has 36 heavy (non-hydrogen) atoms. The second-order valence-electron chi connectivity index (χ2n) is 8.38. The number of anilines is 2. The Morgan fingerprint density at radius 2 is 1.61 bits per heavy atom. The van der Waals surface area contributed by atoms with Crippen molar-refractivity contribution in [2.75, 3.05) is 11.9 Å². The molecule has 4 aromatic rings. The number of benzene rings is 1. The Kier molecular flexibility index (Phi) is 6.75. The van der Waals surface area contributed by atoms with E-state index in [1.54, 1.807) is 6.07 Å². The number of alkyl halides is 6. The smallest absolute Gasteiger partial charge is 0.418 e. The van der Waals surface area contributed by atoms with E-state index in [1.165, 1.54) is 36.5 Å². The molecule has 4 rings (SSSR count). The fourth-order valence-corrected chi connectivity index (χ4v) is 3.38. The highest BCUT2D eigenvalue weighted by Gasteiger charge is 2.34. The molecule has 1 N–H and O–H groups in total. The molecule has 0 fully saturated rings. The summed E-state index contributed by atoms with van der Waals surface area (Å²) in [6, 6.07) is 11.0. The summed E-state index contributed by atoms with van der Waals surface area (Å²) in [5.41, 5.74) is -1.26. The predicted molar refractivity (Wildman–Crippen MR) is 123 cm³/mol. The molecule has 0 spiro atoms. The van der Waals surface area contributed by atoms with E-state index >= 15 is 0 Å². The van der Waals surface area contributed by atoms with E-state index in [9.17, 15) is 26.3 Å². The summed E-state index contributed by atoms with van der Waals surface area (Å²) in [5, 5.41) is 3.46. The Morgan fingerprint density at radius 3 is 2.25 bits per heavy atom. The second-order valence-corrected chi connectivity index (χ2v) is 8.38. The van der Waals surface area contributed by atoms with Crippen LogP contribution in [0.15, 0.2) is 60.8 Å². The number of pyridine rings is 3. The molecule has 3 aromatic heterocycles. The number of fused-ring (bicyclic) bond motifs is 1. The van der Waals surface area contributed by atoms with Gasteiger partial charge in [-0.3, -0.25) is 4.98 Å². The van der Waals surface area contributed by atoms with E-state index in [0.29, 0.717) is 23.4 Å². The molecule has 0 aliphatic carbocycles. The maximum absolute atomic E-state index is 13.5. The minimum Gasteiger partial charge on any atom is -0.477 e. The van der Waals surface area contributed by atoms with Gasteiger partial charge < -0.3 is 10.1 Å². The van der Waals surface area contributed by atoms with Crippen LogP contribution in [0.1, 0.15) is 25.0 Å². The zero-order valence-electron chi connectivity index (χ0n) is 19.1. The molecule has 0 radical (unpaired) electrons. The highest BCUT2D eigenvalue weighted by atomic mass is 19.4. The Labute approximate surface area is 202 Å². The maximum atomic E-state index is 13.5. The van der Waals surface area contributed by atoms with Crippen molar-refractivity contribution in [2.24, 2.45) is 5.92 Å². The third-order valence-corrected chi connectivity index (χ3v) is 5.06. The van der Waals surface area contributed by atoms with Gasteiger partial charge in [-0.1, -0.05) is 13.8 Å². The second kappa shape index (κ2) is 9.63. The SMILES string of the molecule is CC(C)COc1cc(Nc2ccc(C(F)(F)F)cc2)c2ccc(-c3ncccc3C(F)(F)F)nc2n1. The molecule has 0 saturated heterocycles. The lowest BCUT2D eigenvalue weighted by molar-refractivity contribution is -0.138. The monoisotopic (exact) mass is 506 g/mol. The molecule has 11 heteroatoms. The number of ether oxygens (including phenoxy) is 1. The van der Waals surface area contributed by atoms with Crippen molar-refractivity contribution >= 4 is 22.4 Å².